The maximum absolute atomic E-state index is 9.54. The van der Waals surface area contributed by atoms with Crippen LogP contribution in [-0.4, -0.2) is 32.0 Å². The van der Waals surface area contributed by atoms with Crippen molar-refractivity contribution in [2.75, 3.05) is 6.54 Å². The van der Waals surface area contributed by atoms with Gasteiger partial charge in [0.05, 0.1) is 17.8 Å². The highest BCUT2D eigenvalue weighted by Gasteiger charge is 2.28. The van der Waals surface area contributed by atoms with Crippen LogP contribution in [0.15, 0.2) is 24.5 Å². The molecule has 0 aromatic carbocycles. The number of fused-ring (bicyclic) bond motifs is 1. The van der Waals surface area contributed by atoms with Crippen LogP contribution < -0.4 is 0 Å². The van der Waals surface area contributed by atoms with E-state index >= 15 is 0 Å². The van der Waals surface area contributed by atoms with Crippen LogP contribution in [0.4, 0.5) is 0 Å². The number of aromatic nitrogens is 2. The minimum absolute atomic E-state index is 0.295. The summed E-state index contributed by atoms with van der Waals surface area (Å²) in [4.78, 5) is 7.14. The highest BCUT2D eigenvalue weighted by Crippen LogP contribution is 2.32. The van der Waals surface area contributed by atoms with Crippen molar-refractivity contribution in [3.8, 4) is 5.75 Å². The van der Waals surface area contributed by atoms with E-state index in [1.54, 1.807) is 12.1 Å². The van der Waals surface area contributed by atoms with Crippen molar-refractivity contribution in [3.05, 3.63) is 30.4 Å². The van der Waals surface area contributed by atoms with Gasteiger partial charge in [-0.3, -0.25) is 4.90 Å². The van der Waals surface area contributed by atoms with Crippen LogP contribution in [-0.2, 0) is 0 Å². The summed E-state index contributed by atoms with van der Waals surface area (Å²) in [6.45, 7) is 5.65. The van der Waals surface area contributed by atoms with E-state index < -0.39 is 0 Å². The van der Waals surface area contributed by atoms with E-state index in [1.165, 1.54) is 12.8 Å². The van der Waals surface area contributed by atoms with Crippen LogP contribution in [0.2, 0.25) is 0 Å². The molecule has 3 rings (SSSR count). The highest BCUT2D eigenvalue weighted by molar-refractivity contribution is 5.50. The second-order valence-electron chi connectivity index (χ2n) is 5.64. The lowest BCUT2D eigenvalue weighted by Crippen LogP contribution is -2.39. The van der Waals surface area contributed by atoms with Crippen LogP contribution in [0, 0.1) is 0 Å². The molecule has 4 heteroatoms. The number of aromatic hydroxyl groups is 1. The number of likely N-dealkylation sites (tertiary alicyclic amines) is 1. The standard InChI is InChI=1S/C15H21N3O/c1-11(2)17-7-4-3-5-14(17)15-16-10-12-9-13(19)6-8-18(12)15/h6,8-11,14,19H,3-5,7H2,1-2H3. The zero-order chi connectivity index (χ0) is 13.4. The van der Waals surface area contributed by atoms with E-state index in [9.17, 15) is 5.11 Å². The normalized spacial score (nSPS) is 21.3. The molecule has 2 aromatic rings. The highest BCUT2D eigenvalue weighted by atomic mass is 16.3. The molecule has 19 heavy (non-hydrogen) atoms. The first-order valence-corrected chi connectivity index (χ1v) is 7.08. The second-order valence-corrected chi connectivity index (χ2v) is 5.64. The van der Waals surface area contributed by atoms with Crippen molar-refractivity contribution in [1.29, 1.82) is 0 Å². The number of nitrogens with zero attached hydrogens (tertiary/aromatic N) is 3. The van der Waals surface area contributed by atoms with Crippen LogP contribution >= 0.6 is 0 Å². The minimum Gasteiger partial charge on any atom is -0.508 e. The van der Waals surface area contributed by atoms with Gasteiger partial charge in [-0.05, 0) is 39.3 Å². The summed E-state index contributed by atoms with van der Waals surface area (Å²) in [6.07, 6.45) is 7.47. The molecule has 0 saturated carbocycles. The van der Waals surface area contributed by atoms with Gasteiger partial charge in [-0.15, -0.1) is 0 Å². The number of pyridine rings is 1. The molecule has 1 unspecified atom stereocenters. The molecule has 0 aliphatic carbocycles. The summed E-state index contributed by atoms with van der Waals surface area (Å²) in [5.41, 5.74) is 0.962. The Morgan fingerprint density at radius 1 is 1.37 bits per heavy atom. The zero-order valence-corrected chi connectivity index (χ0v) is 11.6. The number of piperidine rings is 1. The molecule has 0 spiro atoms. The summed E-state index contributed by atoms with van der Waals surface area (Å²) in [7, 11) is 0. The topological polar surface area (TPSA) is 40.8 Å². The summed E-state index contributed by atoms with van der Waals surface area (Å²) < 4.78 is 2.10. The average molecular weight is 259 g/mol. The van der Waals surface area contributed by atoms with Gasteiger partial charge in [0, 0.05) is 18.3 Å². The van der Waals surface area contributed by atoms with Crippen LogP contribution in [0.5, 0.6) is 5.75 Å². The molecule has 0 amide bonds. The van der Waals surface area contributed by atoms with Gasteiger partial charge in [0.1, 0.15) is 11.6 Å². The van der Waals surface area contributed by atoms with Crippen molar-refractivity contribution >= 4 is 5.52 Å². The summed E-state index contributed by atoms with van der Waals surface area (Å²) in [5.74, 6) is 1.40. The smallest absolute Gasteiger partial charge is 0.130 e. The molecule has 1 N–H and O–H groups in total. The largest absolute Gasteiger partial charge is 0.508 e. The molecule has 0 bridgehead atoms. The second kappa shape index (κ2) is 4.85. The molecule has 0 radical (unpaired) electrons. The molecular formula is C15H21N3O. The Labute approximate surface area is 113 Å². The van der Waals surface area contributed by atoms with Gasteiger partial charge in [0.2, 0.25) is 0 Å². The van der Waals surface area contributed by atoms with Gasteiger partial charge in [-0.1, -0.05) is 6.42 Å². The lowest BCUT2D eigenvalue weighted by atomic mass is 10.00. The fourth-order valence-electron chi connectivity index (χ4n) is 3.10. The van der Waals surface area contributed by atoms with Crippen molar-refractivity contribution in [3.63, 3.8) is 0 Å². The molecule has 4 nitrogen and oxygen atoms in total. The van der Waals surface area contributed by atoms with Crippen LogP contribution in [0.1, 0.15) is 45.0 Å². The van der Waals surface area contributed by atoms with E-state index in [-0.39, 0.29) is 0 Å². The first-order chi connectivity index (χ1) is 9.16. The predicted octanol–water partition coefficient (Wildman–Crippen LogP) is 2.98. The monoisotopic (exact) mass is 259 g/mol. The van der Waals surface area contributed by atoms with E-state index in [2.05, 4.69) is 28.1 Å². The Balaban J connectivity index is 2.02. The number of hydrogen-bond acceptors (Lipinski definition) is 3. The maximum atomic E-state index is 9.54. The average Bonchev–Trinajstić information content (AvgIpc) is 2.81. The molecule has 1 aliphatic rings. The van der Waals surface area contributed by atoms with Crippen molar-refractivity contribution in [2.24, 2.45) is 0 Å². The number of imidazole rings is 1. The molecule has 1 atom stereocenters. The van der Waals surface area contributed by atoms with Crippen molar-refractivity contribution < 1.29 is 5.11 Å². The third-order valence-electron chi connectivity index (χ3n) is 4.05. The Bertz CT molecular complexity index is 576. The van der Waals surface area contributed by atoms with Crippen LogP contribution in [0.3, 0.4) is 0 Å². The predicted molar refractivity (Wildman–Crippen MR) is 75.3 cm³/mol. The number of rotatable bonds is 2. The Morgan fingerprint density at radius 3 is 3.00 bits per heavy atom. The van der Waals surface area contributed by atoms with Crippen molar-refractivity contribution in [2.45, 2.75) is 45.2 Å². The molecule has 1 fully saturated rings. The molecule has 2 aromatic heterocycles. The fraction of sp³-hybridized carbons (Fsp3) is 0.533. The van der Waals surface area contributed by atoms with Gasteiger partial charge in [-0.2, -0.15) is 0 Å². The Hall–Kier alpha value is -1.55. The van der Waals surface area contributed by atoms with E-state index in [0.717, 1.165) is 24.3 Å². The van der Waals surface area contributed by atoms with Crippen LogP contribution in [0.25, 0.3) is 5.52 Å². The van der Waals surface area contributed by atoms with Gasteiger partial charge < -0.3 is 9.51 Å². The van der Waals surface area contributed by atoms with Gasteiger partial charge in [0.15, 0.2) is 0 Å². The Kier molecular flexibility index (Phi) is 3.19. The Morgan fingerprint density at radius 2 is 2.21 bits per heavy atom. The summed E-state index contributed by atoms with van der Waals surface area (Å²) >= 11 is 0. The van der Waals surface area contributed by atoms with Gasteiger partial charge in [0.25, 0.3) is 0 Å². The third kappa shape index (κ3) is 2.21. The van der Waals surface area contributed by atoms with Gasteiger partial charge in [-0.25, -0.2) is 4.98 Å². The lowest BCUT2D eigenvalue weighted by molar-refractivity contribution is 0.106. The lowest BCUT2D eigenvalue weighted by Gasteiger charge is -2.37. The first-order valence-electron chi connectivity index (χ1n) is 7.08. The molecular weight excluding hydrogens is 238 g/mol. The molecule has 102 valence electrons. The SMILES string of the molecule is CC(C)N1CCCCC1c1ncc2cc(O)ccn12. The maximum Gasteiger partial charge on any atom is 0.130 e. The third-order valence-corrected chi connectivity index (χ3v) is 4.05. The summed E-state index contributed by atoms with van der Waals surface area (Å²) in [5, 5.41) is 9.54. The molecule has 3 heterocycles. The number of hydrogen-bond donors (Lipinski definition) is 1. The summed E-state index contributed by atoms with van der Waals surface area (Å²) in [6, 6.07) is 4.41. The molecule has 1 aliphatic heterocycles. The quantitative estimate of drug-likeness (QED) is 0.901. The van der Waals surface area contributed by atoms with Gasteiger partial charge >= 0.3 is 0 Å². The molecule has 1 saturated heterocycles. The first kappa shape index (κ1) is 12.5. The fourth-order valence-corrected chi connectivity index (χ4v) is 3.10. The van der Waals surface area contributed by atoms with E-state index in [0.29, 0.717) is 17.8 Å². The zero-order valence-electron chi connectivity index (χ0n) is 11.6. The van der Waals surface area contributed by atoms with Crippen molar-refractivity contribution in [1.82, 2.24) is 14.3 Å². The minimum atomic E-state index is 0.295. The van der Waals surface area contributed by atoms with E-state index in [1.807, 2.05) is 12.4 Å². The van der Waals surface area contributed by atoms with E-state index in [4.69, 9.17) is 0 Å².